The van der Waals surface area contributed by atoms with Crippen LogP contribution in [-0.2, 0) is 9.53 Å². The molecule has 0 radical (unpaired) electrons. The van der Waals surface area contributed by atoms with Gasteiger partial charge in [0, 0.05) is 30.7 Å². The van der Waals surface area contributed by atoms with Crippen molar-refractivity contribution in [2.24, 2.45) is 0 Å². The first-order chi connectivity index (χ1) is 11.4. The molecular formula is C18H25NO3S2. The van der Waals surface area contributed by atoms with E-state index >= 15 is 0 Å². The molecule has 1 unspecified atom stereocenters. The first kappa shape index (κ1) is 20.6. The van der Waals surface area contributed by atoms with Crippen LogP contribution in [-0.4, -0.2) is 34.5 Å². The molecule has 0 aliphatic heterocycles. The molecule has 24 heavy (non-hydrogen) atoms. The normalized spacial score (nSPS) is 11.6. The van der Waals surface area contributed by atoms with E-state index in [1.165, 1.54) is 18.7 Å². The van der Waals surface area contributed by atoms with Crippen molar-refractivity contribution < 1.29 is 14.3 Å². The Kier molecular flexibility index (Phi) is 9.64. The van der Waals surface area contributed by atoms with Crippen molar-refractivity contribution in [3.8, 4) is 0 Å². The summed E-state index contributed by atoms with van der Waals surface area (Å²) in [5, 5.41) is 2.93. The maximum atomic E-state index is 12.3. The molecule has 0 spiro atoms. The Morgan fingerprint density at radius 3 is 2.50 bits per heavy atom. The predicted molar refractivity (Wildman–Crippen MR) is 104 cm³/mol. The number of ketones is 1. The molecule has 0 aliphatic rings. The Morgan fingerprint density at radius 1 is 1.25 bits per heavy atom. The van der Waals surface area contributed by atoms with Gasteiger partial charge in [-0.1, -0.05) is 41.6 Å². The highest BCUT2D eigenvalue weighted by molar-refractivity contribution is 8.23. The van der Waals surface area contributed by atoms with Crippen molar-refractivity contribution in [1.82, 2.24) is 5.32 Å². The third-order valence-corrected chi connectivity index (χ3v) is 4.95. The molecule has 1 amide bonds. The second-order valence-corrected chi connectivity index (χ2v) is 7.42. The van der Waals surface area contributed by atoms with E-state index in [-0.39, 0.29) is 16.9 Å². The minimum Gasteiger partial charge on any atom is -0.479 e. The molecule has 1 rings (SSSR count). The van der Waals surface area contributed by atoms with Gasteiger partial charge in [-0.25, -0.2) is 0 Å². The van der Waals surface area contributed by atoms with Crippen LogP contribution < -0.4 is 5.32 Å². The second-order valence-electron chi connectivity index (χ2n) is 5.52. The molecule has 4 nitrogen and oxygen atoms in total. The summed E-state index contributed by atoms with van der Waals surface area (Å²) >= 11 is 6.65. The van der Waals surface area contributed by atoms with Crippen LogP contribution in [0.4, 0.5) is 0 Å². The summed E-state index contributed by atoms with van der Waals surface area (Å²) in [5.74, 6) is 0.0734. The molecular weight excluding hydrogens is 342 g/mol. The van der Waals surface area contributed by atoms with E-state index in [9.17, 15) is 9.59 Å². The lowest BCUT2D eigenvalue weighted by molar-refractivity contribution is -0.118. The SMILES string of the molecule is CCOC(=S)SC(CCNC(C)=O)CCC(=O)c1ccc(C)cc1. The molecule has 1 aromatic carbocycles. The Bertz CT molecular complexity index is 558. The summed E-state index contributed by atoms with van der Waals surface area (Å²) in [6.07, 6.45) is 1.90. The smallest absolute Gasteiger partial charge is 0.220 e. The lowest BCUT2D eigenvalue weighted by Gasteiger charge is -2.16. The molecule has 1 aromatic rings. The largest absolute Gasteiger partial charge is 0.479 e. The van der Waals surface area contributed by atoms with Gasteiger partial charge in [0.1, 0.15) is 0 Å². The number of hydrogen-bond acceptors (Lipinski definition) is 5. The van der Waals surface area contributed by atoms with Crippen LogP contribution in [0.2, 0.25) is 0 Å². The number of aryl methyl sites for hydroxylation is 1. The van der Waals surface area contributed by atoms with Crippen LogP contribution in [0.15, 0.2) is 24.3 Å². The predicted octanol–water partition coefficient (Wildman–Crippen LogP) is 3.91. The van der Waals surface area contributed by atoms with Gasteiger partial charge >= 0.3 is 0 Å². The van der Waals surface area contributed by atoms with Crippen LogP contribution >= 0.6 is 24.0 Å². The third kappa shape index (κ3) is 8.45. The zero-order chi connectivity index (χ0) is 17.9. The van der Waals surface area contributed by atoms with Crippen molar-refractivity contribution in [3.63, 3.8) is 0 Å². The zero-order valence-electron chi connectivity index (χ0n) is 14.5. The van der Waals surface area contributed by atoms with E-state index in [0.717, 1.165) is 17.5 Å². The van der Waals surface area contributed by atoms with Gasteiger partial charge in [0.2, 0.25) is 10.3 Å². The molecule has 1 N–H and O–H groups in total. The number of thiocarbonyl (C=S) groups is 1. The highest BCUT2D eigenvalue weighted by Crippen LogP contribution is 2.23. The molecule has 0 fully saturated rings. The maximum Gasteiger partial charge on any atom is 0.220 e. The minimum absolute atomic E-state index is 0.0538. The lowest BCUT2D eigenvalue weighted by Crippen LogP contribution is -2.24. The molecule has 1 atom stereocenters. The number of hydrogen-bond donors (Lipinski definition) is 1. The third-order valence-electron chi connectivity index (χ3n) is 3.43. The molecule has 0 aliphatic carbocycles. The standard InChI is InChI=1S/C18H25NO3S2/c1-4-22-18(23)24-16(11-12-19-14(3)20)9-10-17(21)15-7-5-13(2)6-8-15/h5-8,16H,4,9-12H2,1-3H3,(H,19,20). The van der Waals surface area contributed by atoms with Gasteiger partial charge in [0.25, 0.3) is 0 Å². The van der Waals surface area contributed by atoms with E-state index in [4.69, 9.17) is 17.0 Å². The highest BCUT2D eigenvalue weighted by Gasteiger charge is 2.16. The lowest BCUT2D eigenvalue weighted by atomic mass is 10.0. The average Bonchev–Trinajstić information content (AvgIpc) is 2.52. The van der Waals surface area contributed by atoms with Gasteiger partial charge in [-0.15, -0.1) is 0 Å². The fourth-order valence-electron chi connectivity index (χ4n) is 2.14. The average molecular weight is 368 g/mol. The van der Waals surface area contributed by atoms with Gasteiger partial charge in [0.15, 0.2) is 5.78 Å². The second kappa shape index (κ2) is 11.2. The summed E-state index contributed by atoms with van der Waals surface area (Å²) in [4.78, 5) is 23.3. The fourth-order valence-corrected chi connectivity index (χ4v) is 3.59. The zero-order valence-corrected chi connectivity index (χ0v) is 16.1. The van der Waals surface area contributed by atoms with Gasteiger partial charge in [-0.05, 0) is 38.9 Å². The van der Waals surface area contributed by atoms with Crippen LogP contribution in [0.1, 0.15) is 49.0 Å². The number of ether oxygens (including phenoxy) is 1. The monoisotopic (exact) mass is 367 g/mol. The number of thioether (sulfide) groups is 1. The Balaban J connectivity index is 2.55. The van der Waals surface area contributed by atoms with Crippen LogP contribution in [0.25, 0.3) is 0 Å². The minimum atomic E-state index is -0.0538. The number of Topliss-reactive ketones (excluding diaryl/α,β-unsaturated/α-hetero) is 1. The topological polar surface area (TPSA) is 55.4 Å². The summed E-state index contributed by atoms with van der Waals surface area (Å²) < 4.78 is 5.82. The molecule has 0 saturated heterocycles. The van der Waals surface area contributed by atoms with Crippen molar-refractivity contribution in [3.05, 3.63) is 35.4 Å². The van der Waals surface area contributed by atoms with Crippen molar-refractivity contribution in [2.75, 3.05) is 13.2 Å². The van der Waals surface area contributed by atoms with Crippen molar-refractivity contribution in [1.29, 1.82) is 0 Å². The summed E-state index contributed by atoms with van der Waals surface area (Å²) in [6, 6.07) is 7.62. The quantitative estimate of drug-likeness (QED) is 0.530. The summed E-state index contributed by atoms with van der Waals surface area (Å²) in [6.45, 7) is 6.48. The number of nitrogens with one attached hydrogen (secondary N) is 1. The van der Waals surface area contributed by atoms with E-state index in [1.807, 2.05) is 38.1 Å². The summed E-state index contributed by atoms with van der Waals surface area (Å²) in [5.41, 5.74) is 1.87. The number of rotatable bonds is 9. The van der Waals surface area contributed by atoms with Crippen LogP contribution in [0, 0.1) is 6.92 Å². The molecule has 0 bridgehead atoms. The number of carbonyl (C=O) groups is 2. The van der Waals surface area contributed by atoms with E-state index in [1.54, 1.807) is 0 Å². The van der Waals surface area contributed by atoms with Crippen LogP contribution in [0.5, 0.6) is 0 Å². The Labute approximate surface area is 153 Å². The first-order valence-electron chi connectivity index (χ1n) is 8.10. The molecule has 0 heterocycles. The van der Waals surface area contributed by atoms with E-state index in [0.29, 0.717) is 30.4 Å². The van der Waals surface area contributed by atoms with Gasteiger partial charge in [-0.3, -0.25) is 9.59 Å². The molecule has 6 heteroatoms. The Hall–Kier alpha value is -1.40. The van der Waals surface area contributed by atoms with Gasteiger partial charge < -0.3 is 10.1 Å². The number of amides is 1. The highest BCUT2D eigenvalue weighted by atomic mass is 32.2. The Morgan fingerprint density at radius 2 is 1.92 bits per heavy atom. The maximum absolute atomic E-state index is 12.3. The number of carbonyl (C=O) groups excluding carboxylic acids is 2. The fraction of sp³-hybridized carbons (Fsp3) is 0.500. The summed E-state index contributed by atoms with van der Waals surface area (Å²) in [7, 11) is 0. The van der Waals surface area contributed by atoms with E-state index in [2.05, 4.69) is 5.32 Å². The molecule has 0 saturated carbocycles. The molecule has 132 valence electrons. The van der Waals surface area contributed by atoms with Crippen LogP contribution in [0.3, 0.4) is 0 Å². The van der Waals surface area contributed by atoms with Gasteiger partial charge in [0.05, 0.1) is 6.61 Å². The molecule has 0 aromatic heterocycles. The number of benzene rings is 1. The van der Waals surface area contributed by atoms with Crippen molar-refractivity contribution in [2.45, 2.75) is 45.3 Å². The first-order valence-corrected chi connectivity index (χ1v) is 9.38. The van der Waals surface area contributed by atoms with E-state index < -0.39 is 0 Å². The van der Waals surface area contributed by atoms with Gasteiger partial charge in [-0.2, -0.15) is 0 Å². The van der Waals surface area contributed by atoms with Crippen molar-refractivity contribution >= 4 is 40.1 Å².